The maximum Gasteiger partial charge on any atom is 0.354 e. The van der Waals surface area contributed by atoms with Gasteiger partial charge in [0.05, 0.1) is 11.9 Å². The van der Waals surface area contributed by atoms with Crippen molar-refractivity contribution < 1.29 is 9.90 Å². The third-order valence-electron chi connectivity index (χ3n) is 3.84. The lowest BCUT2D eigenvalue weighted by molar-refractivity contribution is 0.0690. The van der Waals surface area contributed by atoms with Gasteiger partial charge in [0.25, 0.3) is 0 Å². The molecular formula is C13H19N3O2. The molecule has 5 nitrogen and oxygen atoms in total. The summed E-state index contributed by atoms with van der Waals surface area (Å²) in [5.74, 6) is -0.995. The molecule has 1 saturated carbocycles. The first-order valence-electron chi connectivity index (χ1n) is 6.14. The number of anilines is 1. The lowest BCUT2D eigenvalue weighted by Gasteiger charge is -2.47. The van der Waals surface area contributed by atoms with Crippen molar-refractivity contribution >= 4 is 11.7 Å². The van der Waals surface area contributed by atoms with Crippen LogP contribution >= 0.6 is 0 Å². The molecule has 0 radical (unpaired) electrons. The first-order valence-corrected chi connectivity index (χ1v) is 6.14. The Morgan fingerprint density at radius 1 is 1.50 bits per heavy atom. The van der Waals surface area contributed by atoms with E-state index >= 15 is 0 Å². The topological polar surface area (TPSA) is 65.5 Å². The van der Waals surface area contributed by atoms with Crippen LogP contribution in [0.5, 0.6) is 0 Å². The second-order valence-corrected chi connectivity index (χ2v) is 5.06. The number of hydrogen-bond acceptors (Lipinski definition) is 4. The van der Waals surface area contributed by atoms with Crippen LogP contribution in [0.25, 0.3) is 0 Å². The van der Waals surface area contributed by atoms with Gasteiger partial charge in [-0.25, -0.2) is 9.78 Å². The molecule has 98 valence electrons. The monoisotopic (exact) mass is 249 g/mol. The van der Waals surface area contributed by atoms with Gasteiger partial charge in [-0.2, -0.15) is 0 Å². The van der Waals surface area contributed by atoms with Crippen LogP contribution in [-0.4, -0.2) is 47.1 Å². The summed E-state index contributed by atoms with van der Waals surface area (Å²) in [6, 6.07) is 3.28. The second kappa shape index (κ2) is 4.94. The van der Waals surface area contributed by atoms with E-state index < -0.39 is 5.97 Å². The number of likely N-dealkylation sites (N-methyl/N-ethyl adjacent to an activating group) is 1. The number of nitrogens with zero attached hydrogens (tertiary/aromatic N) is 2. The maximum absolute atomic E-state index is 10.7. The van der Waals surface area contributed by atoms with Crippen LogP contribution in [0.1, 0.15) is 29.8 Å². The number of carbonyl (C=O) groups is 1. The number of carboxylic acids is 1. The minimum Gasteiger partial charge on any atom is -0.477 e. The molecule has 0 saturated heterocycles. The number of pyridine rings is 1. The molecule has 1 aromatic heterocycles. The van der Waals surface area contributed by atoms with Gasteiger partial charge in [0, 0.05) is 12.1 Å². The Hall–Kier alpha value is -1.62. The Balaban J connectivity index is 1.96. The molecule has 1 aromatic rings. The quantitative estimate of drug-likeness (QED) is 0.831. The zero-order valence-electron chi connectivity index (χ0n) is 10.8. The zero-order valence-corrected chi connectivity index (χ0v) is 10.8. The van der Waals surface area contributed by atoms with E-state index in [0.29, 0.717) is 0 Å². The Morgan fingerprint density at radius 3 is 2.61 bits per heavy atom. The minimum absolute atomic E-state index is 0.0755. The number of aromatic carboxylic acids is 1. The largest absolute Gasteiger partial charge is 0.477 e. The van der Waals surface area contributed by atoms with Crippen molar-refractivity contribution in [1.82, 2.24) is 9.88 Å². The first kappa shape index (κ1) is 12.8. The molecule has 0 bridgehead atoms. The van der Waals surface area contributed by atoms with E-state index in [9.17, 15) is 4.79 Å². The summed E-state index contributed by atoms with van der Waals surface area (Å²) in [6.45, 7) is 0.869. The molecule has 0 spiro atoms. The molecule has 1 heterocycles. The van der Waals surface area contributed by atoms with Crippen molar-refractivity contribution in [2.24, 2.45) is 0 Å². The van der Waals surface area contributed by atoms with Gasteiger partial charge in [-0.15, -0.1) is 0 Å². The average molecular weight is 249 g/mol. The van der Waals surface area contributed by atoms with Crippen molar-refractivity contribution in [3.63, 3.8) is 0 Å². The first-order chi connectivity index (χ1) is 8.53. The Morgan fingerprint density at radius 2 is 2.22 bits per heavy atom. The summed E-state index contributed by atoms with van der Waals surface area (Å²) in [6.07, 6.45) is 5.25. The van der Waals surface area contributed by atoms with Crippen LogP contribution in [0.15, 0.2) is 18.3 Å². The molecule has 1 aliphatic carbocycles. The molecule has 0 unspecified atom stereocenters. The Bertz CT molecular complexity index is 424. The van der Waals surface area contributed by atoms with Gasteiger partial charge in [0.1, 0.15) is 5.69 Å². The Labute approximate surface area is 107 Å². The molecule has 1 fully saturated rings. The van der Waals surface area contributed by atoms with E-state index in [1.165, 1.54) is 25.3 Å². The summed E-state index contributed by atoms with van der Waals surface area (Å²) in [5.41, 5.74) is 1.19. The highest BCUT2D eigenvalue weighted by Crippen LogP contribution is 2.36. The fourth-order valence-corrected chi connectivity index (χ4v) is 2.26. The number of nitrogens with one attached hydrogen (secondary N) is 1. The summed E-state index contributed by atoms with van der Waals surface area (Å²) in [7, 11) is 4.21. The molecule has 2 N–H and O–H groups in total. The third kappa shape index (κ3) is 2.46. The molecule has 0 aromatic carbocycles. The number of hydrogen-bond donors (Lipinski definition) is 2. The molecule has 0 aliphatic heterocycles. The maximum atomic E-state index is 10.7. The van der Waals surface area contributed by atoms with Crippen LogP contribution in [-0.2, 0) is 0 Å². The van der Waals surface area contributed by atoms with E-state index in [1.54, 1.807) is 12.3 Å². The van der Waals surface area contributed by atoms with E-state index in [1.807, 2.05) is 0 Å². The van der Waals surface area contributed by atoms with Crippen molar-refractivity contribution in [1.29, 1.82) is 0 Å². The highest BCUT2D eigenvalue weighted by atomic mass is 16.4. The van der Waals surface area contributed by atoms with Crippen LogP contribution in [0, 0.1) is 0 Å². The van der Waals surface area contributed by atoms with Crippen LogP contribution < -0.4 is 5.32 Å². The lowest BCUT2D eigenvalue weighted by Crippen LogP contribution is -2.54. The molecule has 5 heteroatoms. The summed E-state index contributed by atoms with van der Waals surface area (Å²) < 4.78 is 0. The van der Waals surface area contributed by atoms with Gasteiger partial charge in [0.15, 0.2) is 0 Å². The van der Waals surface area contributed by atoms with Gasteiger partial charge in [0.2, 0.25) is 0 Å². The predicted octanol–water partition coefficient (Wildman–Crippen LogP) is 1.68. The summed E-state index contributed by atoms with van der Waals surface area (Å²) in [4.78, 5) is 16.8. The fourth-order valence-electron chi connectivity index (χ4n) is 2.26. The smallest absolute Gasteiger partial charge is 0.354 e. The lowest BCUT2D eigenvalue weighted by atomic mass is 9.75. The van der Waals surface area contributed by atoms with Crippen molar-refractivity contribution in [3.8, 4) is 0 Å². The zero-order chi connectivity index (χ0) is 13.2. The van der Waals surface area contributed by atoms with Gasteiger partial charge in [-0.1, -0.05) is 0 Å². The fraction of sp³-hybridized carbons (Fsp3) is 0.538. The third-order valence-corrected chi connectivity index (χ3v) is 3.84. The molecule has 0 amide bonds. The highest BCUT2D eigenvalue weighted by molar-refractivity contribution is 5.85. The average Bonchev–Trinajstić information content (AvgIpc) is 2.27. The summed E-state index contributed by atoms with van der Waals surface area (Å²) in [5, 5.41) is 12.1. The van der Waals surface area contributed by atoms with E-state index in [2.05, 4.69) is 29.3 Å². The molecule has 1 aliphatic rings. The molecular weight excluding hydrogens is 230 g/mol. The number of rotatable bonds is 5. The standard InChI is InChI=1S/C13H19N3O2/c1-16(2)13(6-3-7-13)9-15-10-4-5-11(12(17)18)14-8-10/h4-5,8,15H,3,6-7,9H2,1-2H3,(H,17,18). The summed E-state index contributed by atoms with van der Waals surface area (Å²) >= 11 is 0. The van der Waals surface area contributed by atoms with E-state index in [-0.39, 0.29) is 11.2 Å². The van der Waals surface area contributed by atoms with E-state index in [0.717, 1.165) is 12.2 Å². The molecule has 0 atom stereocenters. The SMILES string of the molecule is CN(C)C1(CNc2ccc(C(=O)O)nc2)CCC1. The van der Waals surface area contributed by atoms with Crippen LogP contribution in [0.2, 0.25) is 0 Å². The van der Waals surface area contributed by atoms with Crippen molar-refractivity contribution in [3.05, 3.63) is 24.0 Å². The van der Waals surface area contributed by atoms with Crippen molar-refractivity contribution in [2.45, 2.75) is 24.8 Å². The van der Waals surface area contributed by atoms with Gasteiger partial charge in [-0.3, -0.25) is 0 Å². The number of carboxylic acid groups (broad SMARTS) is 1. The molecule has 2 rings (SSSR count). The predicted molar refractivity (Wildman–Crippen MR) is 70.0 cm³/mol. The van der Waals surface area contributed by atoms with Crippen molar-refractivity contribution in [2.75, 3.05) is 26.0 Å². The number of aromatic nitrogens is 1. The van der Waals surface area contributed by atoms with E-state index in [4.69, 9.17) is 5.11 Å². The minimum atomic E-state index is -0.995. The van der Waals surface area contributed by atoms with Crippen LogP contribution in [0.4, 0.5) is 5.69 Å². The van der Waals surface area contributed by atoms with Crippen LogP contribution in [0.3, 0.4) is 0 Å². The second-order valence-electron chi connectivity index (χ2n) is 5.06. The molecule has 18 heavy (non-hydrogen) atoms. The van der Waals surface area contributed by atoms with Gasteiger partial charge < -0.3 is 15.3 Å². The highest BCUT2D eigenvalue weighted by Gasteiger charge is 2.38. The Kier molecular flexibility index (Phi) is 3.52. The van der Waals surface area contributed by atoms with Gasteiger partial charge >= 0.3 is 5.97 Å². The van der Waals surface area contributed by atoms with Gasteiger partial charge in [-0.05, 0) is 45.5 Å². The normalized spacial score (nSPS) is 17.3.